The van der Waals surface area contributed by atoms with E-state index in [-0.39, 0.29) is 24.6 Å². The maximum Gasteiger partial charge on any atom is 0.250 e. The van der Waals surface area contributed by atoms with Gasteiger partial charge in [0.25, 0.3) is 0 Å². The van der Waals surface area contributed by atoms with Gasteiger partial charge in [0.2, 0.25) is 5.91 Å². The number of ether oxygens (including phenoxy) is 1. The summed E-state index contributed by atoms with van der Waals surface area (Å²) in [6.07, 6.45) is 3.57. The van der Waals surface area contributed by atoms with Crippen molar-refractivity contribution in [3.8, 4) is 5.82 Å². The lowest BCUT2D eigenvalue weighted by Crippen LogP contribution is -2.29. The van der Waals surface area contributed by atoms with Crippen LogP contribution in [0.2, 0.25) is 5.02 Å². The van der Waals surface area contributed by atoms with E-state index in [9.17, 15) is 4.79 Å². The second-order valence-electron chi connectivity index (χ2n) is 8.99. The molecular formula is C28H27ClN6O2S. The lowest BCUT2D eigenvalue weighted by molar-refractivity contribution is -0.119. The molecule has 1 amide bonds. The third-order valence-corrected chi connectivity index (χ3v) is 7.17. The average molecular weight is 547 g/mol. The largest absolute Gasteiger partial charge is 0.375 e. The molecular weight excluding hydrogens is 520 g/mol. The third-order valence-electron chi connectivity index (χ3n) is 6.55. The first kappa shape index (κ1) is 25.8. The molecule has 0 spiro atoms. The van der Waals surface area contributed by atoms with Crippen molar-refractivity contribution in [2.24, 2.45) is 0 Å². The number of amides is 1. The number of benzene rings is 1. The van der Waals surface area contributed by atoms with E-state index in [4.69, 9.17) is 28.6 Å². The van der Waals surface area contributed by atoms with Gasteiger partial charge in [-0.25, -0.2) is 4.98 Å². The lowest BCUT2D eigenvalue weighted by atomic mass is 9.96. The second kappa shape index (κ2) is 10.9. The fourth-order valence-electron chi connectivity index (χ4n) is 4.95. The highest BCUT2D eigenvalue weighted by molar-refractivity contribution is 7.80. The number of carbonyl (C=O) groups is 1. The van der Waals surface area contributed by atoms with Crippen molar-refractivity contribution in [2.75, 3.05) is 23.9 Å². The van der Waals surface area contributed by atoms with Crippen molar-refractivity contribution in [1.82, 2.24) is 19.9 Å². The molecule has 2 atom stereocenters. The highest BCUT2D eigenvalue weighted by Crippen LogP contribution is 2.44. The van der Waals surface area contributed by atoms with E-state index in [2.05, 4.69) is 50.0 Å². The molecule has 0 radical (unpaired) electrons. The van der Waals surface area contributed by atoms with Gasteiger partial charge in [0.1, 0.15) is 12.4 Å². The molecule has 1 fully saturated rings. The molecule has 1 aromatic carbocycles. The van der Waals surface area contributed by atoms with Crippen LogP contribution < -0.4 is 15.5 Å². The molecule has 194 valence electrons. The van der Waals surface area contributed by atoms with Crippen LogP contribution in [0.4, 0.5) is 11.4 Å². The van der Waals surface area contributed by atoms with Crippen LogP contribution in [-0.2, 0) is 9.53 Å². The molecule has 4 aromatic rings. The molecule has 1 aliphatic heterocycles. The fourth-order valence-corrected chi connectivity index (χ4v) is 5.52. The summed E-state index contributed by atoms with van der Waals surface area (Å²) in [7, 11) is 1.47. The summed E-state index contributed by atoms with van der Waals surface area (Å²) in [4.78, 5) is 23.3. The van der Waals surface area contributed by atoms with E-state index in [1.807, 2.05) is 48.5 Å². The minimum Gasteiger partial charge on any atom is -0.375 e. The average Bonchev–Trinajstić information content (AvgIpc) is 3.41. The first-order valence-corrected chi connectivity index (χ1v) is 12.9. The number of hydrogen-bond donors (Lipinski definition) is 2. The molecule has 0 bridgehead atoms. The maximum atomic E-state index is 12.0. The van der Waals surface area contributed by atoms with Crippen LogP contribution in [0.25, 0.3) is 5.82 Å². The highest BCUT2D eigenvalue weighted by atomic mass is 35.5. The molecule has 2 N–H and O–H groups in total. The number of methoxy groups -OCH3 is 1. The van der Waals surface area contributed by atoms with Gasteiger partial charge >= 0.3 is 0 Å². The van der Waals surface area contributed by atoms with E-state index in [1.54, 1.807) is 18.5 Å². The Labute approximate surface area is 231 Å². The van der Waals surface area contributed by atoms with Crippen molar-refractivity contribution >= 4 is 46.2 Å². The van der Waals surface area contributed by atoms with E-state index in [0.717, 1.165) is 34.2 Å². The molecule has 1 aliphatic rings. The van der Waals surface area contributed by atoms with Crippen molar-refractivity contribution in [2.45, 2.75) is 25.9 Å². The molecule has 0 saturated carbocycles. The van der Waals surface area contributed by atoms with E-state index < -0.39 is 0 Å². The molecule has 38 heavy (non-hydrogen) atoms. The van der Waals surface area contributed by atoms with Gasteiger partial charge in [-0.05, 0) is 80.2 Å². The summed E-state index contributed by atoms with van der Waals surface area (Å²) in [6, 6.07) is 19.0. The number of rotatable bonds is 7. The normalized spacial score (nSPS) is 16.9. The smallest absolute Gasteiger partial charge is 0.250 e. The zero-order valence-corrected chi connectivity index (χ0v) is 22.8. The van der Waals surface area contributed by atoms with Gasteiger partial charge in [0.15, 0.2) is 5.11 Å². The number of carbonyl (C=O) groups excluding carboxylic acids is 1. The van der Waals surface area contributed by atoms with Crippen LogP contribution in [0.5, 0.6) is 0 Å². The van der Waals surface area contributed by atoms with Crippen LogP contribution in [0.1, 0.15) is 34.7 Å². The van der Waals surface area contributed by atoms with Gasteiger partial charge in [-0.2, -0.15) is 0 Å². The molecule has 4 heterocycles. The van der Waals surface area contributed by atoms with Gasteiger partial charge in [-0.15, -0.1) is 0 Å². The number of anilines is 2. The summed E-state index contributed by atoms with van der Waals surface area (Å²) in [5, 5.41) is 7.21. The van der Waals surface area contributed by atoms with Crippen LogP contribution in [0.3, 0.4) is 0 Å². The molecule has 1 saturated heterocycles. The Hall–Kier alpha value is -3.79. The quantitative estimate of drug-likeness (QED) is 0.304. The Bertz CT molecular complexity index is 1480. The highest BCUT2D eigenvalue weighted by Gasteiger charge is 2.42. The lowest BCUT2D eigenvalue weighted by Gasteiger charge is -2.28. The maximum absolute atomic E-state index is 12.0. The molecule has 0 unspecified atom stereocenters. The van der Waals surface area contributed by atoms with Crippen molar-refractivity contribution in [3.05, 3.63) is 101 Å². The Kier molecular flexibility index (Phi) is 7.42. The summed E-state index contributed by atoms with van der Waals surface area (Å²) >= 11 is 12.5. The summed E-state index contributed by atoms with van der Waals surface area (Å²) in [6.45, 7) is 4.10. The van der Waals surface area contributed by atoms with Crippen LogP contribution in [0.15, 0.2) is 73.1 Å². The Balaban J connectivity index is 1.60. The fraction of sp³-hybridized carbons (Fsp3) is 0.214. The minimum atomic E-state index is -0.282. The first-order valence-electron chi connectivity index (χ1n) is 12.1. The SMILES string of the molecule is COCC(=O)Nc1ccc(N2C(=S)N[C@@H](c3ccccn3)[C@@H]2c2cc(C)n(-c3ccccn3)c2C)cc1Cl. The van der Waals surface area contributed by atoms with Gasteiger partial charge in [0, 0.05) is 36.6 Å². The number of aryl methyl sites for hydroxylation is 1. The number of halogens is 1. The molecule has 8 nitrogen and oxygen atoms in total. The second-order valence-corrected chi connectivity index (χ2v) is 9.79. The van der Waals surface area contributed by atoms with Crippen molar-refractivity contribution in [1.29, 1.82) is 0 Å². The van der Waals surface area contributed by atoms with E-state index in [1.165, 1.54) is 7.11 Å². The van der Waals surface area contributed by atoms with Gasteiger partial charge in [0.05, 0.1) is 28.5 Å². The van der Waals surface area contributed by atoms with Crippen LogP contribution in [-0.4, -0.2) is 39.3 Å². The predicted octanol–water partition coefficient (Wildman–Crippen LogP) is 5.30. The zero-order valence-electron chi connectivity index (χ0n) is 21.2. The van der Waals surface area contributed by atoms with Crippen molar-refractivity contribution < 1.29 is 9.53 Å². The van der Waals surface area contributed by atoms with Gasteiger partial charge in [-0.1, -0.05) is 23.7 Å². The Morgan fingerprint density at radius 1 is 1.11 bits per heavy atom. The summed E-state index contributed by atoms with van der Waals surface area (Å²) in [5.74, 6) is 0.568. The molecule has 10 heteroatoms. The number of nitrogens with one attached hydrogen (secondary N) is 2. The minimum absolute atomic E-state index is 0.0576. The summed E-state index contributed by atoms with van der Waals surface area (Å²) < 4.78 is 7.05. The van der Waals surface area contributed by atoms with Gasteiger partial charge in [-0.3, -0.25) is 9.78 Å². The van der Waals surface area contributed by atoms with Gasteiger partial charge < -0.3 is 24.8 Å². The number of nitrogens with zero attached hydrogens (tertiary/aromatic N) is 4. The van der Waals surface area contributed by atoms with Crippen LogP contribution >= 0.6 is 23.8 Å². The Morgan fingerprint density at radius 2 is 1.87 bits per heavy atom. The number of thiocarbonyl (C=S) groups is 1. The molecule has 3 aromatic heterocycles. The number of hydrogen-bond acceptors (Lipinski definition) is 5. The Morgan fingerprint density at radius 3 is 2.53 bits per heavy atom. The third kappa shape index (κ3) is 4.88. The monoisotopic (exact) mass is 546 g/mol. The first-order chi connectivity index (χ1) is 18.4. The number of aromatic nitrogens is 3. The molecule has 5 rings (SSSR count). The van der Waals surface area contributed by atoms with Crippen molar-refractivity contribution in [3.63, 3.8) is 0 Å². The topological polar surface area (TPSA) is 84.3 Å². The van der Waals surface area contributed by atoms with E-state index in [0.29, 0.717) is 15.8 Å². The molecule has 0 aliphatic carbocycles. The number of pyridine rings is 2. The van der Waals surface area contributed by atoms with Crippen LogP contribution in [0, 0.1) is 13.8 Å². The summed E-state index contributed by atoms with van der Waals surface area (Å²) in [5.41, 5.74) is 5.37. The van der Waals surface area contributed by atoms with E-state index >= 15 is 0 Å². The predicted molar refractivity (Wildman–Crippen MR) is 153 cm³/mol. The standard InChI is InChI=1S/C28H27ClN6O2S/c1-17-14-20(18(2)34(17)24-9-5-7-13-31-24)27-26(23-8-4-6-12-30-23)33-28(38)35(27)19-10-11-22(21(29)15-19)32-25(36)16-37-3/h4-15,26-27H,16H2,1-3H3,(H,32,36)(H,33,38)/t26-,27-/m0/s1. The zero-order chi connectivity index (χ0) is 26.8.